The van der Waals surface area contributed by atoms with Crippen LogP contribution < -0.4 is 11.1 Å². The zero-order valence-corrected chi connectivity index (χ0v) is 12.6. The monoisotopic (exact) mass is 330 g/mol. The van der Waals surface area contributed by atoms with Gasteiger partial charge in [0.25, 0.3) is 0 Å². The first-order chi connectivity index (χ1) is 9.93. The first kappa shape index (κ1) is 22.8. The number of carboxylic acids is 1. The topological polar surface area (TPSA) is 182 Å². The lowest BCUT2D eigenvalue weighted by Crippen LogP contribution is -2.50. The van der Waals surface area contributed by atoms with Crippen LogP contribution in [0.25, 0.3) is 0 Å². The smallest absolute Gasteiger partial charge is 0.328 e. The highest BCUT2D eigenvalue weighted by Gasteiger charge is 2.25. The molecule has 0 saturated carbocycles. The molecule has 0 heterocycles. The van der Waals surface area contributed by atoms with E-state index in [1.807, 2.05) is 18.2 Å². The highest BCUT2D eigenvalue weighted by Crippen LogP contribution is 2.05. The number of nitrogens with one attached hydrogen (secondary N) is 1. The quantitative estimate of drug-likeness (QED) is 0.487. The molecule has 1 rings (SSSR count). The summed E-state index contributed by atoms with van der Waals surface area (Å²) >= 11 is 0. The van der Waals surface area contributed by atoms with Gasteiger partial charge in [0.2, 0.25) is 5.91 Å². The fraction of sp³-hybridized carbons (Fsp3) is 0.357. The maximum Gasteiger partial charge on any atom is 0.328 e. The number of methoxy groups -OCH3 is 1. The largest absolute Gasteiger partial charge is 0.481 e. The molecule has 0 saturated heterocycles. The number of benzene rings is 1. The Labute approximate surface area is 133 Å². The van der Waals surface area contributed by atoms with Crippen LogP contribution in [0, 0.1) is 0 Å². The molecule has 0 fully saturated rings. The Morgan fingerprint density at radius 2 is 1.78 bits per heavy atom. The first-order valence-corrected chi connectivity index (χ1v) is 6.33. The molecule has 23 heavy (non-hydrogen) atoms. The molecular formula is C14H22N2O7. The molecule has 0 aromatic heterocycles. The van der Waals surface area contributed by atoms with E-state index < -0.39 is 36.4 Å². The summed E-state index contributed by atoms with van der Waals surface area (Å²) < 4.78 is 4.64. The van der Waals surface area contributed by atoms with Gasteiger partial charge in [0.15, 0.2) is 0 Å². The third-order valence-corrected chi connectivity index (χ3v) is 2.82. The van der Waals surface area contributed by atoms with Gasteiger partial charge in [-0.15, -0.1) is 0 Å². The number of carbonyl (C=O) groups excluding carboxylic acids is 2. The van der Waals surface area contributed by atoms with Crippen LogP contribution >= 0.6 is 0 Å². The summed E-state index contributed by atoms with van der Waals surface area (Å²) in [6, 6.07) is 6.93. The summed E-state index contributed by atoms with van der Waals surface area (Å²) in [5.74, 6) is -2.51. The Balaban J connectivity index is 0. The lowest BCUT2D eigenvalue weighted by molar-refractivity contribution is -0.145. The maximum absolute atomic E-state index is 11.8. The molecule has 0 bridgehead atoms. The molecule has 9 heteroatoms. The first-order valence-electron chi connectivity index (χ1n) is 6.33. The van der Waals surface area contributed by atoms with Gasteiger partial charge in [-0.3, -0.25) is 9.59 Å². The maximum atomic E-state index is 11.8. The van der Waals surface area contributed by atoms with Crippen molar-refractivity contribution in [2.75, 3.05) is 7.11 Å². The van der Waals surface area contributed by atoms with Crippen LogP contribution in [0.5, 0.6) is 0 Å². The lowest BCUT2D eigenvalue weighted by atomic mass is 10.1. The van der Waals surface area contributed by atoms with E-state index in [9.17, 15) is 14.4 Å². The van der Waals surface area contributed by atoms with Gasteiger partial charge in [0.05, 0.1) is 19.6 Å². The lowest BCUT2D eigenvalue weighted by Gasteiger charge is -2.18. The second kappa shape index (κ2) is 11.1. The number of nitrogens with two attached hydrogens (primary N) is 1. The molecule has 8 N–H and O–H groups in total. The average molecular weight is 330 g/mol. The van der Waals surface area contributed by atoms with Crippen molar-refractivity contribution in [2.45, 2.75) is 24.9 Å². The fourth-order valence-corrected chi connectivity index (χ4v) is 1.74. The van der Waals surface area contributed by atoms with Gasteiger partial charge < -0.3 is 31.8 Å². The normalized spacial score (nSPS) is 11.9. The van der Waals surface area contributed by atoms with Crippen LogP contribution in [0.1, 0.15) is 12.0 Å². The minimum absolute atomic E-state index is 0. The molecular weight excluding hydrogens is 308 g/mol. The Hall–Kier alpha value is -2.49. The van der Waals surface area contributed by atoms with E-state index in [1.54, 1.807) is 12.1 Å². The zero-order valence-electron chi connectivity index (χ0n) is 12.6. The van der Waals surface area contributed by atoms with Crippen LogP contribution in [0.3, 0.4) is 0 Å². The molecule has 2 atom stereocenters. The molecule has 0 spiro atoms. The number of hydrogen-bond donors (Lipinski definition) is 3. The SMILES string of the molecule is COC(=O)C(Cc1ccccc1)NC(=O)C(N)CC(=O)O.O.O. The number of carbonyl (C=O) groups is 3. The standard InChI is InChI=1S/C14H18N2O5.2H2O/c1-21-14(20)11(7-9-5-3-2-4-6-9)16-13(19)10(15)8-12(17)18;;/h2-6,10-11H,7-8,15H2,1H3,(H,16,19)(H,17,18);2*1H2. The number of amides is 1. The number of ether oxygens (including phenoxy) is 1. The van der Waals surface area contributed by atoms with Gasteiger partial charge in [-0.05, 0) is 5.56 Å². The van der Waals surface area contributed by atoms with Crippen molar-refractivity contribution in [2.24, 2.45) is 5.73 Å². The number of aliphatic carboxylic acids is 1. The second-order valence-electron chi connectivity index (χ2n) is 4.48. The number of rotatable bonds is 7. The highest BCUT2D eigenvalue weighted by molar-refractivity contribution is 5.89. The minimum atomic E-state index is -1.22. The summed E-state index contributed by atoms with van der Waals surface area (Å²) in [5.41, 5.74) is 6.29. The Kier molecular flexibility index (Phi) is 11.0. The van der Waals surface area contributed by atoms with Gasteiger partial charge in [0.1, 0.15) is 6.04 Å². The summed E-state index contributed by atoms with van der Waals surface area (Å²) in [6.07, 6.45) is -0.274. The van der Waals surface area contributed by atoms with Gasteiger partial charge in [-0.25, -0.2) is 4.79 Å². The van der Waals surface area contributed by atoms with Crippen molar-refractivity contribution < 1.29 is 35.2 Å². The van der Waals surface area contributed by atoms with Gasteiger partial charge >= 0.3 is 11.9 Å². The molecule has 1 aromatic carbocycles. The van der Waals surface area contributed by atoms with Gasteiger partial charge in [-0.1, -0.05) is 30.3 Å². The summed E-state index contributed by atoms with van der Waals surface area (Å²) in [6.45, 7) is 0. The van der Waals surface area contributed by atoms with Crippen molar-refractivity contribution >= 4 is 17.8 Å². The zero-order chi connectivity index (χ0) is 15.8. The van der Waals surface area contributed by atoms with Crippen molar-refractivity contribution in [3.8, 4) is 0 Å². The molecule has 0 aliphatic carbocycles. The number of hydrogen-bond acceptors (Lipinski definition) is 5. The van der Waals surface area contributed by atoms with Crippen molar-refractivity contribution in [1.29, 1.82) is 0 Å². The van der Waals surface area contributed by atoms with E-state index in [1.165, 1.54) is 7.11 Å². The van der Waals surface area contributed by atoms with E-state index in [-0.39, 0.29) is 17.4 Å². The predicted molar refractivity (Wildman–Crippen MR) is 81.5 cm³/mol. The minimum Gasteiger partial charge on any atom is -0.481 e. The molecule has 0 aliphatic heterocycles. The van der Waals surface area contributed by atoms with Crippen LogP contribution in [0.2, 0.25) is 0 Å². The Morgan fingerprint density at radius 1 is 1.22 bits per heavy atom. The molecule has 1 amide bonds. The molecule has 2 unspecified atom stereocenters. The highest BCUT2D eigenvalue weighted by atomic mass is 16.5. The van der Waals surface area contributed by atoms with Crippen LogP contribution in [0.15, 0.2) is 30.3 Å². The summed E-state index contributed by atoms with van der Waals surface area (Å²) in [5, 5.41) is 11.0. The third kappa shape index (κ3) is 7.90. The van der Waals surface area contributed by atoms with E-state index in [0.717, 1.165) is 5.56 Å². The fourth-order valence-electron chi connectivity index (χ4n) is 1.74. The van der Waals surface area contributed by atoms with Crippen molar-refractivity contribution in [3.05, 3.63) is 35.9 Å². The molecule has 130 valence electrons. The van der Waals surface area contributed by atoms with Crippen LogP contribution in [-0.4, -0.2) is 53.1 Å². The molecule has 1 aromatic rings. The summed E-state index contributed by atoms with van der Waals surface area (Å²) in [4.78, 5) is 34.0. The van der Waals surface area contributed by atoms with E-state index >= 15 is 0 Å². The molecule has 0 aliphatic rings. The number of esters is 1. The number of carboxylic acid groups (broad SMARTS) is 1. The van der Waals surface area contributed by atoms with E-state index in [0.29, 0.717) is 0 Å². The predicted octanol–water partition coefficient (Wildman–Crippen LogP) is -1.96. The third-order valence-electron chi connectivity index (χ3n) is 2.82. The van der Waals surface area contributed by atoms with Gasteiger partial charge in [0, 0.05) is 6.42 Å². The average Bonchev–Trinajstić information content (AvgIpc) is 2.46. The van der Waals surface area contributed by atoms with Crippen LogP contribution in [-0.2, 0) is 25.5 Å². The Bertz CT molecular complexity index is 507. The molecule has 0 radical (unpaired) electrons. The second-order valence-corrected chi connectivity index (χ2v) is 4.48. The molecule has 9 nitrogen and oxygen atoms in total. The van der Waals surface area contributed by atoms with Crippen molar-refractivity contribution in [1.82, 2.24) is 5.32 Å². The Morgan fingerprint density at radius 3 is 2.26 bits per heavy atom. The van der Waals surface area contributed by atoms with Gasteiger partial charge in [-0.2, -0.15) is 0 Å². The van der Waals surface area contributed by atoms with Crippen molar-refractivity contribution in [3.63, 3.8) is 0 Å². The summed E-state index contributed by atoms with van der Waals surface area (Å²) in [7, 11) is 1.21. The van der Waals surface area contributed by atoms with Crippen LogP contribution in [0.4, 0.5) is 0 Å². The van der Waals surface area contributed by atoms with E-state index in [4.69, 9.17) is 10.8 Å². The van der Waals surface area contributed by atoms with E-state index in [2.05, 4.69) is 10.1 Å².